The van der Waals surface area contributed by atoms with Crippen molar-refractivity contribution >= 4 is 0 Å². The van der Waals surface area contributed by atoms with Crippen molar-refractivity contribution in [3.05, 3.63) is 23.8 Å². The van der Waals surface area contributed by atoms with Gasteiger partial charge in [-0.2, -0.15) is 0 Å². The van der Waals surface area contributed by atoms with Crippen LogP contribution in [0.5, 0.6) is 11.5 Å². The first-order valence-electron chi connectivity index (χ1n) is 8.48. The third kappa shape index (κ3) is 3.91. The molecule has 2 N–H and O–H groups in total. The Bertz CT molecular complexity index is 455. The number of fused-ring (bicyclic) bond motifs is 1. The van der Waals surface area contributed by atoms with E-state index >= 15 is 0 Å². The molecule has 1 unspecified atom stereocenters. The van der Waals surface area contributed by atoms with E-state index in [0.29, 0.717) is 0 Å². The lowest BCUT2D eigenvalue weighted by Crippen LogP contribution is -2.14. The maximum atomic E-state index is 6.39. The van der Waals surface area contributed by atoms with Crippen molar-refractivity contribution in [2.75, 3.05) is 13.2 Å². The van der Waals surface area contributed by atoms with E-state index in [1.807, 2.05) is 6.07 Å². The fourth-order valence-electron chi connectivity index (χ4n) is 3.47. The van der Waals surface area contributed by atoms with Gasteiger partial charge in [0.2, 0.25) is 0 Å². The van der Waals surface area contributed by atoms with Gasteiger partial charge in [0.05, 0.1) is 13.2 Å². The van der Waals surface area contributed by atoms with Crippen LogP contribution >= 0.6 is 0 Å². The molecule has 3 heteroatoms. The van der Waals surface area contributed by atoms with Gasteiger partial charge in [0.25, 0.3) is 0 Å². The van der Waals surface area contributed by atoms with Crippen molar-refractivity contribution in [2.45, 2.75) is 57.4 Å². The lowest BCUT2D eigenvalue weighted by molar-refractivity contribution is 0.297. The molecule has 0 aromatic heterocycles. The Balaban J connectivity index is 1.58. The summed E-state index contributed by atoms with van der Waals surface area (Å²) in [5, 5.41) is 0. The molecule has 1 saturated carbocycles. The van der Waals surface area contributed by atoms with Crippen LogP contribution in [-0.2, 0) is 0 Å². The summed E-state index contributed by atoms with van der Waals surface area (Å²) < 4.78 is 11.4. The van der Waals surface area contributed by atoms with Crippen molar-refractivity contribution in [1.29, 1.82) is 0 Å². The number of ether oxygens (including phenoxy) is 2. The Labute approximate surface area is 127 Å². The van der Waals surface area contributed by atoms with Crippen molar-refractivity contribution < 1.29 is 9.47 Å². The number of hydrogen-bond acceptors (Lipinski definition) is 3. The Kier molecular flexibility index (Phi) is 5.02. The summed E-state index contributed by atoms with van der Waals surface area (Å²) in [5.74, 6) is 2.61. The molecule has 1 aromatic rings. The average Bonchev–Trinajstić information content (AvgIpc) is 2.78. The summed E-state index contributed by atoms with van der Waals surface area (Å²) in [5.41, 5.74) is 7.56. The highest BCUT2D eigenvalue weighted by Gasteiger charge is 2.17. The maximum absolute atomic E-state index is 6.39. The van der Waals surface area contributed by atoms with Crippen LogP contribution in [0.4, 0.5) is 0 Å². The van der Waals surface area contributed by atoms with Gasteiger partial charge in [-0.05, 0) is 36.5 Å². The predicted octanol–water partition coefficient (Wildman–Crippen LogP) is 4.21. The van der Waals surface area contributed by atoms with Gasteiger partial charge in [-0.25, -0.2) is 0 Å². The zero-order chi connectivity index (χ0) is 14.5. The third-order valence-electron chi connectivity index (χ3n) is 4.81. The minimum atomic E-state index is 0.115. The van der Waals surface area contributed by atoms with Crippen LogP contribution in [-0.4, -0.2) is 13.2 Å². The third-order valence-corrected chi connectivity index (χ3v) is 4.81. The van der Waals surface area contributed by atoms with Gasteiger partial charge in [-0.3, -0.25) is 0 Å². The van der Waals surface area contributed by atoms with Crippen molar-refractivity contribution in [1.82, 2.24) is 0 Å². The summed E-state index contributed by atoms with van der Waals surface area (Å²) in [6.45, 7) is 1.47. The number of benzene rings is 1. The van der Waals surface area contributed by atoms with Gasteiger partial charge in [-0.1, -0.05) is 38.2 Å². The largest absolute Gasteiger partial charge is 0.490 e. The SMILES string of the molecule is NC(CCC1CCCCC1)c1ccc2c(c1)OCCCO2. The van der Waals surface area contributed by atoms with Gasteiger partial charge in [0.1, 0.15) is 0 Å². The Morgan fingerprint density at radius 1 is 1.00 bits per heavy atom. The molecule has 1 fully saturated rings. The van der Waals surface area contributed by atoms with Crippen molar-refractivity contribution in [3.63, 3.8) is 0 Å². The lowest BCUT2D eigenvalue weighted by Gasteiger charge is -2.23. The molecule has 0 amide bonds. The first-order valence-corrected chi connectivity index (χ1v) is 8.48. The molecule has 21 heavy (non-hydrogen) atoms. The molecule has 0 spiro atoms. The molecular formula is C18H27NO2. The molecule has 1 aliphatic carbocycles. The zero-order valence-corrected chi connectivity index (χ0v) is 12.9. The summed E-state index contributed by atoms with van der Waals surface area (Å²) in [6.07, 6.45) is 10.3. The molecule has 0 radical (unpaired) electrons. The Morgan fingerprint density at radius 3 is 2.57 bits per heavy atom. The summed E-state index contributed by atoms with van der Waals surface area (Å²) in [7, 11) is 0. The molecular weight excluding hydrogens is 262 g/mol. The van der Waals surface area contributed by atoms with E-state index in [1.165, 1.54) is 44.1 Å². The van der Waals surface area contributed by atoms with E-state index in [4.69, 9.17) is 15.2 Å². The van der Waals surface area contributed by atoms with Gasteiger partial charge in [0, 0.05) is 12.5 Å². The molecule has 0 bridgehead atoms. The standard InChI is InChI=1S/C18H27NO2/c19-16(9-7-14-5-2-1-3-6-14)15-8-10-17-18(13-15)21-12-4-11-20-17/h8,10,13-14,16H,1-7,9,11-12,19H2. The monoisotopic (exact) mass is 289 g/mol. The summed E-state index contributed by atoms with van der Waals surface area (Å²) in [4.78, 5) is 0. The van der Waals surface area contributed by atoms with E-state index in [2.05, 4.69) is 12.1 Å². The summed E-state index contributed by atoms with van der Waals surface area (Å²) >= 11 is 0. The van der Waals surface area contributed by atoms with Gasteiger partial charge < -0.3 is 15.2 Å². The van der Waals surface area contributed by atoms with Crippen LogP contribution in [0.2, 0.25) is 0 Å². The van der Waals surface area contributed by atoms with E-state index < -0.39 is 0 Å². The zero-order valence-electron chi connectivity index (χ0n) is 12.9. The van der Waals surface area contributed by atoms with E-state index in [9.17, 15) is 0 Å². The van der Waals surface area contributed by atoms with Crippen molar-refractivity contribution in [3.8, 4) is 11.5 Å². The number of nitrogens with two attached hydrogens (primary N) is 1. The Hall–Kier alpha value is -1.22. The second-order valence-corrected chi connectivity index (χ2v) is 6.44. The fraction of sp³-hybridized carbons (Fsp3) is 0.667. The molecule has 3 rings (SSSR count). The minimum Gasteiger partial charge on any atom is -0.490 e. The lowest BCUT2D eigenvalue weighted by atomic mass is 9.84. The first-order chi connectivity index (χ1) is 10.3. The molecule has 3 nitrogen and oxygen atoms in total. The number of hydrogen-bond donors (Lipinski definition) is 1. The van der Waals surface area contributed by atoms with Gasteiger partial charge in [0.15, 0.2) is 11.5 Å². The highest BCUT2D eigenvalue weighted by atomic mass is 16.5. The molecule has 1 heterocycles. The molecule has 2 aliphatic rings. The molecule has 0 saturated heterocycles. The van der Waals surface area contributed by atoms with Gasteiger partial charge >= 0.3 is 0 Å². The maximum Gasteiger partial charge on any atom is 0.161 e. The second-order valence-electron chi connectivity index (χ2n) is 6.44. The van der Waals surface area contributed by atoms with Gasteiger partial charge in [-0.15, -0.1) is 0 Å². The fourth-order valence-corrected chi connectivity index (χ4v) is 3.47. The first kappa shape index (κ1) is 14.7. The van der Waals surface area contributed by atoms with E-state index in [1.54, 1.807) is 0 Å². The highest BCUT2D eigenvalue weighted by Crippen LogP contribution is 2.34. The predicted molar refractivity (Wildman–Crippen MR) is 84.8 cm³/mol. The van der Waals surface area contributed by atoms with Crippen LogP contribution in [0.3, 0.4) is 0 Å². The average molecular weight is 289 g/mol. The van der Waals surface area contributed by atoms with Crippen LogP contribution in [0.1, 0.15) is 63.0 Å². The summed E-state index contributed by atoms with van der Waals surface area (Å²) in [6, 6.07) is 6.30. The molecule has 1 aliphatic heterocycles. The van der Waals surface area contributed by atoms with Crippen molar-refractivity contribution in [2.24, 2.45) is 11.7 Å². The normalized spacial score (nSPS) is 20.8. The second kappa shape index (κ2) is 7.17. The van der Waals surface area contributed by atoms with E-state index in [-0.39, 0.29) is 6.04 Å². The quantitative estimate of drug-likeness (QED) is 0.903. The van der Waals surface area contributed by atoms with Crippen LogP contribution in [0.15, 0.2) is 18.2 Å². The van der Waals surface area contributed by atoms with Crippen LogP contribution < -0.4 is 15.2 Å². The van der Waals surface area contributed by atoms with Crippen LogP contribution in [0, 0.1) is 5.92 Å². The Morgan fingerprint density at radius 2 is 1.76 bits per heavy atom. The van der Waals surface area contributed by atoms with E-state index in [0.717, 1.165) is 43.5 Å². The topological polar surface area (TPSA) is 44.5 Å². The number of rotatable bonds is 4. The highest BCUT2D eigenvalue weighted by molar-refractivity contribution is 5.44. The smallest absolute Gasteiger partial charge is 0.161 e. The molecule has 1 aromatic carbocycles. The molecule has 1 atom stereocenters. The minimum absolute atomic E-state index is 0.115. The van der Waals surface area contributed by atoms with Crippen LogP contribution in [0.25, 0.3) is 0 Å². The molecule has 116 valence electrons.